The van der Waals surface area contributed by atoms with Crippen LogP contribution < -0.4 is 5.32 Å². The summed E-state index contributed by atoms with van der Waals surface area (Å²) in [6.45, 7) is 1.95. The van der Waals surface area contributed by atoms with E-state index in [1.807, 2.05) is 0 Å². The molecule has 1 aliphatic heterocycles. The van der Waals surface area contributed by atoms with Crippen molar-refractivity contribution in [2.24, 2.45) is 0 Å². The van der Waals surface area contributed by atoms with Gasteiger partial charge in [0, 0.05) is 0 Å². The van der Waals surface area contributed by atoms with Gasteiger partial charge in [-0.1, -0.05) is 30.7 Å². The lowest BCUT2D eigenvalue weighted by molar-refractivity contribution is 0.0239. The van der Waals surface area contributed by atoms with Gasteiger partial charge in [0.2, 0.25) is 0 Å². The van der Waals surface area contributed by atoms with Crippen LogP contribution in [0.15, 0.2) is 24.3 Å². The molecule has 1 heterocycles. The molecule has 1 atom stereocenters. The van der Waals surface area contributed by atoms with Gasteiger partial charge >= 0.3 is 0 Å². The van der Waals surface area contributed by atoms with Crippen molar-refractivity contribution in [1.82, 2.24) is 5.32 Å². The van der Waals surface area contributed by atoms with Gasteiger partial charge in [0.1, 0.15) is 0 Å². The van der Waals surface area contributed by atoms with Gasteiger partial charge in [-0.2, -0.15) is 0 Å². The molecule has 1 unspecified atom stereocenters. The van der Waals surface area contributed by atoms with Gasteiger partial charge < -0.3 is 10.4 Å². The number of aliphatic hydroxyl groups is 1. The SMILES string of the molecule is OC1(c2cccc(C3CCC3)c2)CCCNCC1. The normalized spacial score (nSPS) is 29.6. The lowest BCUT2D eigenvalue weighted by Crippen LogP contribution is -2.27. The van der Waals surface area contributed by atoms with E-state index in [9.17, 15) is 5.11 Å². The molecule has 1 aliphatic carbocycles. The summed E-state index contributed by atoms with van der Waals surface area (Å²) in [4.78, 5) is 0. The van der Waals surface area contributed by atoms with Gasteiger partial charge in [-0.3, -0.25) is 0 Å². The highest BCUT2D eigenvalue weighted by molar-refractivity contribution is 5.31. The van der Waals surface area contributed by atoms with Gasteiger partial charge in [0.25, 0.3) is 0 Å². The van der Waals surface area contributed by atoms with Gasteiger partial charge in [-0.15, -0.1) is 0 Å². The lowest BCUT2D eigenvalue weighted by Gasteiger charge is -2.30. The summed E-state index contributed by atoms with van der Waals surface area (Å²) in [5, 5.41) is 14.3. The van der Waals surface area contributed by atoms with Gasteiger partial charge in [0.05, 0.1) is 5.60 Å². The Hall–Kier alpha value is -0.860. The molecule has 1 saturated heterocycles. The van der Waals surface area contributed by atoms with Gasteiger partial charge in [-0.25, -0.2) is 0 Å². The summed E-state index contributed by atoms with van der Waals surface area (Å²) in [5.74, 6) is 0.748. The Balaban J connectivity index is 1.85. The van der Waals surface area contributed by atoms with Crippen molar-refractivity contribution in [3.63, 3.8) is 0 Å². The second-order valence-electron chi connectivity index (χ2n) is 5.89. The Kier molecular flexibility index (Phi) is 3.40. The molecule has 3 rings (SSSR count). The number of rotatable bonds is 2. The van der Waals surface area contributed by atoms with Crippen LogP contribution in [0.25, 0.3) is 0 Å². The minimum absolute atomic E-state index is 0.608. The van der Waals surface area contributed by atoms with Crippen LogP contribution in [0.1, 0.15) is 55.6 Å². The van der Waals surface area contributed by atoms with Crippen LogP contribution in [-0.2, 0) is 5.60 Å². The van der Waals surface area contributed by atoms with Crippen LogP contribution in [-0.4, -0.2) is 18.2 Å². The van der Waals surface area contributed by atoms with E-state index in [0.29, 0.717) is 0 Å². The summed E-state index contributed by atoms with van der Waals surface area (Å²) < 4.78 is 0. The number of nitrogens with one attached hydrogen (secondary N) is 1. The predicted octanol–water partition coefficient (Wildman–Crippen LogP) is 2.92. The fourth-order valence-corrected chi connectivity index (χ4v) is 3.16. The van der Waals surface area contributed by atoms with Crippen molar-refractivity contribution >= 4 is 0 Å². The standard InChI is InChI=1S/C16H23NO/c18-16(8-3-10-17-11-9-16)15-7-2-6-14(12-15)13-4-1-5-13/h2,6-7,12-13,17-18H,1,3-5,8-11H2. The molecule has 18 heavy (non-hydrogen) atoms. The second kappa shape index (κ2) is 5.02. The zero-order valence-electron chi connectivity index (χ0n) is 11.0. The van der Waals surface area contributed by atoms with Crippen LogP contribution in [0, 0.1) is 0 Å². The maximum Gasteiger partial charge on any atom is 0.0909 e. The van der Waals surface area contributed by atoms with Gasteiger partial charge in [0.15, 0.2) is 0 Å². The predicted molar refractivity (Wildman–Crippen MR) is 73.7 cm³/mol. The molecule has 1 aromatic carbocycles. The van der Waals surface area contributed by atoms with Crippen molar-refractivity contribution in [3.05, 3.63) is 35.4 Å². The number of hydrogen-bond acceptors (Lipinski definition) is 2. The fourth-order valence-electron chi connectivity index (χ4n) is 3.16. The Morgan fingerprint density at radius 3 is 2.78 bits per heavy atom. The van der Waals surface area contributed by atoms with Crippen molar-refractivity contribution < 1.29 is 5.11 Å². The van der Waals surface area contributed by atoms with Crippen LogP contribution in [0.4, 0.5) is 0 Å². The molecular weight excluding hydrogens is 222 g/mol. The minimum atomic E-state index is -0.608. The molecule has 0 bridgehead atoms. The van der Waals surface area contributed by atoms with Gasteiger partial charge in [-0.05, 0) is 62.2 Å². The highest BCUT2D eigenvalue weighted by Gasteiger charge is 2.30. The quantitative estimate of drug-likeness (QED) is 0.839. The van der Waals surface area contributed by atoms with Crippen molar-refractivity contribution in [2.75, 3.05) is 13.1 Å². The van der Waals surface area contributed by atoms with E-state index >= 15 is 0 Å². The Labute approximate surface area is 109 Å². The first-order valence-corrected chi connectivity index (χ1v) is 7.31. The average Bonchev–Trinajstić information content (AvgIpc) is 2.53. The zero-order chi connectivity index (χ0) is 12.4. The molecular formula is C16H23NO. The van der Waals surface area contributed by atoms with Crippen LogP contribution in [0.5, 0.6) is 0 Å². The summed E-state index contributed by atoms with van der Waals surface area (Å²) >= 11 is 0. The number of hydrogen-bond donors (Lipinski definition) is 2. The Bertz CT molecular complexity index is 403. The summed E-state index contributed by atoms with van der Waals surface area (Å²) in [5.41, 5.74) is 1.96. The zero-order valence-corrected chi connectivity index (χ0v) is 11.0. The second-order valence-corrected chi connectivity index (χ2v) is 5.89. The molecule has 98 valence electrons. The van der Waals surface area contributed by atoms with E-state index in [-0.39, 0.29) is 0 Å². The van der Waals surface area contributed by atoms with E-state index in [0.717, 1.165) is 43.8 Å². The third kappa shape index (κ3) is 2.32. The summed E-state index contributed by atoms with van der Waals surface area (Å²) in [6, 6.07) is 8.72. The first-order valence-electron chi connectivity index (χ1n) is 7.31. The first kappa shape index (κ1) is 12.2. The third-order valence-electron chi connectivity index (χ3n) is 4.66. The molecule has 2 fully saturated rings. The largest absolute Gasteiger partial charge is 0.385 e. The molecule has 0 aromatic heterocycles. The fraction of sp³-hybridized carbons (Fsp3) is 0.625. The molecule has 2 aliphatic rings. The van der Waals surface area contributed by atoms with Crippen molar-refractivity contribution in [2.45, 2.75) is 50.0 Å². The van der Waals surface area contributed by atoms with E-state index in [4.69, 9.17) is 0 Å². The maximum absolute atomic E-state index is 10.9. The average molecular weight is 245 g/mol. The molecule has 0 spiro atoms. The molecule has 1 aromatic rings. The monoisotopic (exact) mass is 245 g/mol. The van der Waals surface area contributed by atoms with E-state index < -0.39 is 5.60 Å². The third-order valence-corrected chi connectivity index (χ3v) is 4.66. The lowest BCUT2D eigenvalue weighted by atomic mass is 9.78. The van der Waals surface area contributed by atoms with E-state index in [2.05, 4.69) is 29.6 Å². The minimum Gasteiger partial charge on any atom is -0.385 e. The van der Waals surface area contributed by atoms with Crippen LogP contribution in [0.3, 0.4) is 0 Å². The smallest absolute Gasteiger partial charge is 0.0909 e. The molecule has 2 nitrogen and oxygen atoms in total. The molecule has 0 amide bonds. The molecule has 1 saturated carbocycles. The van der Waals surface area contributed by atoms with E-state index in [1.165, 1.54) is 24.8 Å². The summed E-state index contributed by atoms with van der Waals surface area (Å²) in [7, 11) is 0. The van der Waals surface area contributed by atoms with Crippen LogP contribution in [0.2, 0.25) is 0 Å². The van der Waals surface area contributed by atoms with Crippen molar-refractivity contribution in [3.8, 4) is 0 Å². The van der Waals surface area contributed by atoms with Crippen molar-refractivity contribution in [1.29, 1.82) is 0 Å². The molecule has 2 heteroatoms. The molecule has 2 N–H and O–H groups in total. The highest BCUT2D eigenvalue weighted by atomic mass is 16.3. The first-order chi connectivity index (χ1) is 8.78. The topological polar surface area (TPSA) is 32.3 Å². The number of benzene rings is 1. The van der Waals surface area contributed by atoms with Crippen LogP contribution >= 0.6 is 0 Å². The Morgan fingerprint density at radius 1 is 1.11 bits per heavy atom. The Morgan fingerprint density at radius 2 is 2.00 bits per heavy atom. The molecule has 0 radical (unpaired) electrons. The highest BCUT2D eigenvalue weighted by Crippen LogP contribution is 2.39. The van der Waals surface area contributed by atoms with E-state index in [1.54, 1.807) is 0 Å². The maximum atomic E-state index is 10.9. The summed E-state index contributed by atoms with van der Waals surface area (Å²) in [6.07, 6.45) is 6.79.